The van der Waals surface area contributed by atoms with Gasteiger partial charge in [-0.1, -0.05) is 38.1 Å². The molecule has 0 fully saturated rings. The van der Waals surface area contributed by atoms with Crippen LogP contribution >= 0.6 is 0 Å². The number of ether oxygens (including phenoxy) is 2. The van der Waals surface area contributed by atoms with Crippen molar-refractivity contribution in [3.8, 4) is 5.75 Å². The largest absolute Gasteiger partial charge is 0.492 e. The average Bonchev–Trinajstić information content (AvgIpc) is 2.94. The molecule has 2 aromatic rings. The predicted molar refractivity (Wildman–Crippen MR) is 150 cm³/mol. The number of nitrogens with one attached hydrogen (secondary N) is 1. The third-order valence-corrected chi connectivity index (χ3v) is 6.72. The first-order valence-corrected chi connectivity index (χ1v) is 14.0. The van der Waals surface area contributed by atoms with Gasteiger partial charge in [0.1, 0.15) is 12.4 Å². The van der Waals surface area contributed by atoms with Crippen molar-refractivity contribution in [2.75, 3.05) is 31.6 Å². The fourth-order valence-corrected chi connectivity index (χ4v) is 4.11. The molecule has 14 heteroatoms. The molecule has 0 radical (unpaired) electrons. The Bertz CT molecular complexity index is 1190. The molecule has 2 N–H and O–H groups in total. The molecule has 0 heterocycles. The highest BCUT2D eigenvalue weighted by molar-refractivity contribution is 5.89. The Morgan fingerprint density at radius 1 is 0.909 bits per heavy atom. The van der Waals surface area contributed by atoms with E-state index in [4.69, 9.17) is 9.47 Å². The molecule has 2 aromatic carbocycles. The second-order valence-corrected chi connectivity index (χ2v) is 10.4. The smallest absolute Gasteiger partial charge is 0.459 e. The second-order valence-electron chi connectivity index (χ2n) is 10.4. The van der Waals surface area contributed by atoms with Crippen molar-refractivity contribution in [1.82, 2.24) is 4.90 Å². The van der Waals surface area contributed by atoms with E-state index in [1.54, 1.807) is 43.3 Å². The lowest BCUT2D eigenvalue weighted by Crippen LogP contribution is -2.51. The summed E-state index contributed by atoms with van der Waals surface area (Å²) in [6, 6.07) is 12.8. The van der Waals surface area contributed by atoms with Gasteiger partial charge < -0.3 is 24.8 Å². The first-order valence-electron chi connectivity index (χ1n) is 14.0. The number of unbranched alkanes of at least 4 members (excludes halogenated alkanes) is 1. The van der Waals surface area contributed by atoms with Crippen LogP contribution in [0.25, 0.3) is 0 Å². The topological polar surface area (TPSA) is 88.1 Å². The fourth-order valence-electron chi connectivity index (χ4n) is 4.11. The standard InChI is InChI=1S/C30H37F7N2O5/c1-4-43-25(26(40)41)19-21-7-13-24(14-8-21)44-18-17-39(27(42)38-23-11-9-22(10-12-23)20(2)3)16-6-5-15-28(31,32)29(33,34)30(35,36)37/h7-14,20,25H,4-6,15-19H2,1-3H3,(H,38,42)(H,40,41). The van der Waals surface area contributed by atoms with Gasteiger partial charge in [-0.15, -0.1) is 0 Å². The van der Waals surface area contributed by atoms with Crippen LogP contribution in [0.1, 0.15) is 57.1 Å². The Kier molecular flexibility index (Phi) is 13.3. The molecule has 0 aliphatic heterocycles. The van der Waals surface area contributed by atoms with Crippen LogP contribution in [-0.4, -0.2) is 72.4 Å². The van der Waals surface area contributed by atoms with Crippen LogP contribution < -0.4 is 10.1 Å². The van der Waals surface area contributed by atoms with Gasteiger partial charge in [-0.05, 0) is 61.1 Å². The number of carboxylic acid groups (broad SMARTS) is 1. The number of rotatable bonds is 17. The van der Waals surface area contributed by atoms with Gasteiger partial charge in [0.2, 0.25) is 0 Å². The SMILES string of the molecule is CCOC(Cc1ccc(OCCN(CCCCC(F)(F)C(F)(F)C(F)(F)F)C(=O)Nc2ccc(C(C)C)cc2)cc1)C(=O)O. The van der Waals surface area contributed by atoms with Crippen molar-refractivity contribution in [2.24, 2.45) is 0 Å². The first kappa shape index (κ1) is 36.6. The van der Waals surface area contributed by atoms with E-state index in [1.165, 1.54) is 4.90 Å². The molecule has 44 heavy (non-hydrogen) atoms. The maximum Gasteiger partial charge on any atom is 0.459 e. The molecule has 0 saturated heterocycles. The van der Waals surface area contributed by atoms with Gasteiger partial charge in [0.05, 0.1) is 6.54 Å². The monoisotopic (exact) mass is 638 g/mol. The van der Waals surface area contributed by atoms with Crippen LogP contribution in [0.4, 0.5) is 41.2 Å². The minimum atomic E-state index is -6.40. The van der Waals surface area contributed by atoms with Crippen molar-refractivity contribution in [3.63, 3.8) is 0 Å². The number of alkyl halides is 7. The van der Waals surface area contributed by atoms with Gasteiger partial charge in [0.15, 0.2) is 6.10 Å². The molecule has 2 amide bonds. The summed E-state index contributed by atoms with van der Waals surface area (Å²) in [5, 5.41) is 11.9. The number of hydrogen-bond acceptors (Lipinski definition) is 4. The van der Waals surface area contributed by atoms with Crippen molar-refractivity contribution in [3.05, 3.63) is 59.7 Å². The van der Waals surface area contributed by atoms with Crippen molar-refractivity contribution >= 4 is 17.7 Å². The normalized spacial score (nSPS) is 13.1. The average molecular weight is 639 g/mol. The van der Waals surface area contributed by atoms with Crippen LogP contribution in [-0.2, 0) is 16.0 Å². The molecule has 0 bridgehead atoms. The summed E-state index contributed by atoms with van der Waals surface area (Å²) < 4.78 is 102. The molecule has 1 atom stereocenters. The zero-order valence-corrected chi connectivity index (χ0v) is 24.6. The number of hydrogen-bond donors (Lipinski definition) is 2. The molecule has 246 valence electrons. The second kappa shape index (κ2) is 16.0. The van der Waals surface area contributed by atoms with E-state index < -0.39 is 49.0 Å². The number of amides is 2. The Morgan fingerprint density at radius 3 is 2.05 bits per heavy atom. The molecule has 0 aliphatic carbocycles. The fraction of sp³-hybridized carbons (Fsp3) is 0.533. The third-order valence-electron chi connectivity index (χ3n) is 6.72. The third kappa shape index (κ3) is 10.6. The van der Waals surface area contributed by atoms with Gasteiger partial charge in [-0.3, -0.25) is 0 Å². The van der Waals surface area contributed by atoms with Crippen molar-refractivity contribution < 1.29 is 54.9 Å². The van der Waals surface area contributed by atoms with Crippen LogP contribution in [0.15, 0.2) is 48.5 Å². The summed E-state index contributed by atoms with van der Waals surface area (Å²) in [6.07, 6.45) is -9.98. The van der Waals surface area contributed by atoms with Crippen LogP contribution in [0.3, 0.4) is 0 Å². The van der Waals surface area contributed by atoms with E-state index in [-0.39, 0.29) is 45.1 Å². The van der Waals surface area contributed by atoms with Crippen LogP contribution in [0.2, 0.25) is 0 Å². The maximum atomic E-state index is 13.7. The summed E-state index contributed by atoms with van der Waals surface area (Å²) in [5.41, 5.74) is 2.13. The predicted octanol–water partition coefficient (Wildman–Crippen LogP) is 7.76. The van der Waals surface area contributed by atoms with E-state index in [0.29, 0.717) is 17.0 Å². The number of carbonyl (C=O) groups is 2. The Morgan fingerprint density at radius 2 is 1.52 bits per heavy atom. The molecule has 0 spiro atoms. The lowest BCUT2D eigenvalue weighted by atomic mass is 10.0. The Labute approximate surface area is 251 Å². The number of aliphatic carboxylic acids is 1. The minimum absolute atomic E-state index is 0.0712. The van der Waals surface area contributed by atoms with Gasteiger partial charge in [-0.25, -0.2) is 9.59 Å². The van der Waals surface area contributed by atoms with Gasteiger partial charge >= 0.3 is 30.0 Å². The highest BCUT2D eigenvalue weighted by Gasteiger charge is 2.72. The lowest BCUT2D eigenvalue weighted by molar-refractivity contribution is -0.355. The highest BCUT2D eigenvalue weighted by Crippen LogP contribution is 2.48. The van der Waals surface area contributed by atoms with E-state index in [2.05, 4.69) is 5.32 Å². The number of halogens is 7. The van der Waals surface area contributed by atoms with E-state index >= 15 is 0 Å². The maximum absolute atomic E-state index is 13.7. The molecule has 0 saturated carbocycles. The quantitative estimate of drug-likeness (QED) is 0.137. The first-order chi connectivity index (χ1) is 20.5. The number of anilines is 1. The summed E-state index contributed by atoms with van der Waals surface area (Å²) >= 11 is 0. The minimum Gasteiger partial charge on any atom is -0.492 e. The molecular weight excluding hydrogens is 601 g/mol. The number of benzene rings is 2. The van der Waals surface area contributed by atoms with Crippen LogP contribution in [0.5, 0.6) is 5.75 Å². The van der Waals surface area contributed by atoms with E-state index in [1.807, 2.05) is 26.0 Å². The molecule has 0 aliphatic rings. The number of carbonyl (C=O) groups excluding carboxylic acids is 1. The number of urea groups is 1. The summed E-state index contributed by atoms with van der Waals surface area (Å²) in [6.45, 7) is 5.53. The molecule has 7 nitrogen and oxygen atoms in total. The summed E-state index contributed by atoms with van der Waals surface area (Å²) in [4.78, 5) is 25.5. The van der Waals surface area contributed by atoms with Gasteiger partial charge in [0, 0.05) is 31.7 Å². The van der Waals surface area contributed by atoms with Gasteiger partial charge in [0.25, 0.3) is 0 Å². The molecule has 2 rings (SSSR count). The molecular formula is C30H37F7N2O5. The summed E-state index contributed by atoms with van der Waals surface area (Å²) in [7, 11) is 0. The van der Waals surface area contributed by atoms with E-state index in [9.17, 15) is 45.4 Å². The van der Waals surface area contributed by atoms with Crippen LogP contribution in [0, 0.1) is 0 Å². The molecule has 1 unspecified atom stereocenters. The highest BCUT2D eigenvalue weighted by atomic mass is 19.4. The zero-order chi connectivity index (χ0) is 33.1. The Balaban J connectivity index is 2.03. The lowest BCUT2D eigenvalue weighted by Gasteiger charge is -2.28. The van der Waals surface area contributed by atoms with Crippen molar-refractivity contribution in [2.45, 2.75) is 76.5 Å². The molecule has 0 aromatic heterocycles. The number of nitrogens with zero attached hydrogens (tertiary/aromatic N) is 1. The van der Waals surface area contributed by atoms with Gasteiger partial charge in [-0.2, -0.15) is 30.7 Å². The summed E-state index contributed by atoms with van der Waals surface area (Å²) in [5.74, 6) is -12.0. The Hall–Kier alpha value is -3.55. The zero-order valence-electron chi connectivity index (χ0n) is 24.6. The van der Waals surface area contributed by atoms with Crippen molar-refractivity contribution in [1.29, 1.82) is 0 Å². The van der Waals surface area contributed by atoms with E-state index in [0.717, 1.165) is 5.56 Å². The number of carboxylic acids is 1.